The van der Waals surface area contributed by atoms with E-state index < -0.39 is 0 Å². The quantitative estimate of drug-likeness (QED) is 0.476. The lowest BCUT2D eigenvalue weighted by Gasteiger charge is -1.97. The number of hydrogen-bond donors (Lipinski definition) is 0. The smallest absolute Gasteiger partial charge is 0.381 e. The van der Waals surface area contributed by atoms with E-state index in [0.29, 0.717) is 0 Å². The van der Waals surface area contributed by atoms with Gasteiger partial charge in [-0.25, -0.2) is 0 Å². The normalized spacial score (nSPS) is 14.3. The first-order valence-corrected chi connectivity index (χ1v) is 9.69. The number of ether oxygens (including phenoxy) is 1. The van der Waals surface area contributed by atoms with Gasteiger partial charge in [-0.3, -0.25) is 0 Å². The molecule has 0 saturated carbocycles. The summed E-state index contributed by atoms with van der Waals surface area (Å²) in [6.45, 7) is 4.26. The monoisotopic (exact) mass is 244 g/mol. The fraction of sp³-hybridized carbons (Fsp3) is 1.00. The molecule has 1 saturated heterocycles. The Kier molecular flexibility index (Phi) is 16.0. The second-order valence-corrected chi connectivity index (χ2v) is 6.35. The largest absolute Gasteiger partial charge is 0.501 e. The molecular weight excluding hydrogens is 220 g/mol. The van der Waals surface area contributed by atoms with Crippen LogP contribution in [0.2, 0.25) is 4.55 Å². The first-order valence-electron chi connectivity index (χ1n) is 6.55. The summed E-state index contributed by atoms with van der Waals surface area (Å²) < 4.78 is 6.29. The maximum absolute atomic E-state index is 5.68. The molecule has 1 aliphatic rings. The first kappa shape index (κ1) is 16.0. The van der Waals surface area contributed by atoms with Crippen molar-refractivity contribution in [2.45, 2.75) is 62.8 Å². The fourth-order valence-electron chi connectivity index (χ4n) is 1.56. The van der Waals surface area contributed by atoms with Crippen LogP contribution < -0.4 is 0 Å². The molecule has 0 unspecified atom stereocenters. The van der Waals surface area contributed by atoms with Crippen LogP contribution in [0.25, 0.3) is 0 Å². The molecule has 0 spiro atoms. The van der Waals surface area contributed by atoms with Crippen LogP contribution in [0.15, 0.2) is 0 Å². The lowest BCUT2D eigenvalue weighted by atomic mass is 10.1. The van der Waals surface area contributed by atoms with Gasteiger partial charge in [0.25, 0.3) is 0 Å². The van der Waals surface area contributed by atoms with E-state index in [-0.39, 0.29) is 19.3 Å². The Morgan fingerprint density at radius 1 is 1.00 bits per heavy atom. The fourth-order valence-corrected chi connectivity index (χ4v) is 2.67. The van der Waals surface area contributed by atoms with E-state index in [1.807, 2.05) is 0 Å². The Balaban J connectivity index is 0.000000322. The number of rotatable bonds is 7. The molecule has 0 radical (unpaired) electrons. The Hall–Kier alpha value is 1.02. The van der Waals surface area contributed by atoms with Gasteiger partial charge in [-0.05, 0) is 12.8 Å². The molecule has 0 aromatic rings. The van der Waals surface area contributed by atoms with Crippen molar-refractivity contribution in [3.05, 3.63) is 0 Å². The van der Waals surface area contributed by atoms with Crippen molar-refractivity contribution in [2.75, 3.05) is 13.2 Å². The Morgan fingerprint density at radius 2 is 1.60 bits per heavy atom. The molecule has 15 heavy (non-hydrogen) atoms. The summed E-state index contributed by atoms with van der Waals surface area (Å²) in [7, 11) is 5.68. The van der Waals surface area contributed by atoms with Gasteiger partial charge >= 0.3 is 19.3 Å². The highest BCUT2D eigenvalue weighted by Gasteiger charge is 1.94. The van der Waals surface area contributed by atoms with Gasteiger partial charge in [0.05, 0.1) is 0 Å². The average molecular weight is 245 g/mol. The highest BCUT2D eigenvalue weighted by atomic mass is 35.5. The van der Waals surface area contributed by atoms with Crippen molar-refractivity contribution >= 4 is 28.3 Å². The maximum Gasteiger partial charge on any atom is 0.501 e. The molecule has 0 amide bonds. The Morgan fingerprint density at radius 3 is 2.07 bits per heavy atom. The summed E-state index contributed by atoms with van der Waals surface area (Å²) in [6, 6.07) is 0. The summed E-state index contributed by atoms with van der Waals surface area (Å²) >= 11 is -0.153. The van der Waals surface area contributed by atoms with E-state index in [9.17, 15) is 0 Å². The van der Waals surface area contributed by atoms with Crippen molar-refractivity contribution < 1.29 is 4.74 Å². The zero-order chi connectivity index (χ0) is 11.2. The van der Waals surface area contributed by atoms with Gasteiger partial charge in [-0.2, -0.15) is 0 Å². The molecule has 1 fully saturated rings. The van der Waals surface area contributed by atoms with Gasteiger partial charge in [0, 0.05) is 13.2 Å². The van der Waals surface area contributed by atoms with Crippen LogP contribution in [0.4, 0.5) is 0 Å². The molecule has 0 aromatic carbocycles. The highest BCUT2D eigenvalue weighted by Crippen LogP contribution is 2.06. The molecule has 1 heterocycles. The van der Waals surface area contributed by atoms with Crippen molar-refractivity contribution in [3.63, 3.8) is 0 Å². The van der Waals surface area contributed by atoms with E-state index in [1.165, 1.54) is 55.9 Å². The van der Waals surface area contributed by atoms with Crippen LogP contribution in [0.1, 0.15) is 58.3 Å². The van der Waals surface area contributed by atoms with Gasteiger partial charge in [0.1, 0.15) is 0 Å². The van der Waals surface area contributed by atoms with Gasteiger partial charge < -0.3 is 13.8 Å². The molecule has 88 valence electrons. The minimum absolute atomic E-state index is 0.153. The Labute approximate surface area is 109 Å². The number of unbranched alkanes of at least 4 members (excludes halogenated alkanes) is 5. The van der Waals surface area contributed by atoms with Crippen molar-refractivity contribution in [3.8, 4) is 0 Å². The highest BCUT2D eigenvalue weighted by molar-refractivity contribution is 6.93. The van der Waals surface area contributed by atoms with Gasteiger partial charge in [0.2, 0.25) is 0 Å². The molecule has 0 atom stereocenters. The summed E-state index contributed by atoms with van der Waals surface area (Å²) in [6.07, 6.45) is 11.0. The molecule has 0 N–H and O–H groups in total. The van der Waals surface area contributed by atoms with Crippen molar-refractivity contribution in [2.24, 2.45) is 0 Å². The molecule has 1 nitrogen and oxygen atoms in total. The van der Waals surface area contributed by atoms with Crippen LogP contribution in [0, 0.1) is 0 Å². The van der Waals surface area contributed by atoms with Crippen molar-refractivity contribution in [1.29, 1.82) is 0 Å². The van der Waals surface area contributed by atoms with Gasteiger partial charge in [0.15, 0.2) is 0 Å². The SMILES string of the molecule is C1CCOC1.CCCCCCC[CH2][Mg][Cl]. The van der Waals surface area contributed by atoms with Crippen LogP contribution in [0.5, 0.6) is 0 Å². The minimum Gasteiger partial charge on any atom is -0.381 e. The summed E-state index contributed by atoms with van der Waals surface area (Å²) in [4.78, 5) is 0. The van der Waals surface area contributed by atoms with Crippen LogP contribution in [-0.2, 0) is 4.74 Å². The zero-order valence-corrected chi connectivity index (χ0v) is 12.4. The molecule has 1 rings (SSSR count). The summed E-state index contributed by atoms with van der Waals surface area (Å²) in [5.74, 6) is 0. The lowest BCUT2D eigenvalue weighted by molar-refractivity contribution is 0.198. The molecule has 3 heteroatoms. The van der Waals surface area contributed by atoms with E-state index in [1.54, 1.807) is 0 Å². The predicted molar refractivity (Wildman–Crippen MR) is 69.8 cm³/mol. The number of hydrogen-bond acceptors (Lipinski definition) is 1. The van der Waals surface area contributed by atoms with E-state index in [0.717, 1.165) is 13.2 Å². The van der Waals surface area contributed by atoms with Crippen LogP contribution >= 0.6 is 9.07 Å². The Bertz CT molecular complexity index is 92.2. The van der Waals surface area contributed by atoms with Gasteiger partial charge in [-0.15, -0.1) is 4.55 Å². The third kappa shape index (κ3) is 15.0. The predicted octanol–water partition coefficient (Wildman–Crippen LogP) is 4.42. The number of halogens is 1. The van der Waals surface area contributed by atoms with Gasteiger partial charge in [-0.1, -0.05) is 45.4 Å². The first-order chi connectivity index (χ1) is 7.41. The molecular formula is C12H25ClMgO. The topological polar surface area (TPSA) is 9.23 Å². The summed E-state index contributed by atoms with van der Waals surface area (Å²) in [5.41, 5.74) is 0. The average Bonchev–Trinajstić information content (AvgIpc) is 2.82. The summed E-state index contributed by atoms with van der Waals surface area (Å²) in [5, 5.41) is 0. The van der Waals surface area contributed by atoms with Crippen LogP contribution in [0.3, 0.4) is 0 Å². The molecule has 0 aliphatic carbocycles. The lowest BCUT2D eigenvalue weighted by Crippen LogP contribution is -1.80. The van der Waals surface area contributed by atoms with Crippen LogP contribution in [-0.4, -0.2) is 32.5 Å². The maximum atomic E-state index is 5.68. The van der Waals surface area contributed by atoms with E-state index in [2.05, 4.69) is 6.92 Å². The standard InChI is InChI=1S/C8H17.C4H8O.ClH.Mg/c1-3-5-7-8-6-4-2;1-2-4-5-3-1;;/h1,3-8H2,2H3;1-4H2;1H;/q;;;+1/p-1. The third-order valence-electron chi connectivity index (χ3n) is 2.56. The van der Waals surface area contributed by atoms with E-state index >= 15 is 0 Å². The molecule has 1 aliphatic heterocycles. The molecule has 0 aromatic heterocycles. The zero-order valence-electron chi connectivity index (χ0n) is 10.3. The van der Waals surface area contributed by atoms with Crippen molar-refractivity contribution in [1.82, 2.24) is 0 Å². The second-order valence-electron chi connectivity index (χ2n) is 4.13. The third-order valence-corrected chi connectivity index (χ3v) is 4.13. The second kappa shape index (κ2) is 15.0. The van der Waals surface area contributed by atoms with E-state index in [4.69, 9.17) is 13.8 Å². The molecule has 0 bridgehead atoms. The minimum atomic E-state index is -0.153.